The lowest BCUT2D eigenvalue weighted by atomic mass is 10.1. The summed E-state index contributed by atoms with van der Waals surface area (Å²) in [7, 11) is 1.60. The molecule has 0 atom stereocenters. The van der Waals surface area contributed by atoms with Crippen LogP contribution in [0.4, 0.5) is 4.39 Å². The largest absolute Gasteiger partial charge is 0.497 e. The fourth-order valence-electron chi connectivity index (χ4n) is 2.68. The second kappa shape index (κ2) is 8.78. The van der Waals surface area contributed by atoms with Gasteiger partial charge in [-0.1, -0.05) is 13.0 Å². The minimum Gasteiger partial charge on any atom is -0.497 e. The Morgan fingerprint density at radius 3 is 2.64 bits per heavy atom. The van der Waals surface area contributed by atoms with Crippen LogP contribution >= 0.6 is 12.2 Å². The van der Waals surface area contributed by atoms with Crippen molar-refractivity contribution in [2.75, 3.05) is 13.7 Å². The molecule has 0 aliphatic rings. The topological polar surface area (TPSA) is 67.2 Å². The van der Waals surface area contributed by atoms with Crippen LogP contribution in [0.5, 0.6) is 5.75 Å². The van der Waals surface area contributed by atoms with E-state index in [9.17, 15) is 4.39 Å². The van der Waals surface area contributed by atoms with Crippen LogP contribution in [0.2, 0.25) is 0 Å². The summed E-state index contributed by atoms with van der Waals surface area (Å²) in [6, 6.07) is 13.7. The summed E-state index contributed by atoms with van der Waals surface area (Å²) in [5, 5.41) is 13.3. The van der Waals surface area contributed by atoms with Gasteiger partial charge in [0.2, 0.25) is 5.89 Å². The minimum absolute atomic E-state index is 0.240. The minimum atomic E-state index is -0.403. The third-order valence-electron chi connectivity index (χ3n) is 4.30. The van der Waals surface area contributed by atoms with E-state index in [2.05, 4.69) is 5.10 Å². The van der Waals surface area contributed by atoms with Gasteiger partial charge in [-0.3, -0.25) is 4.90 Å². The molecule has 0 aliphatic heterocycles. The number of hydrogen-bond acceptors (Lipinski definition) is 6. The normalized spacial score (nSPS) is 10.8. The summed E-state index contributed by atoms with van der Waals surface area (Å²) in [5.41, 5.74) is 1.59. The molecular weight excluding hydrogens is 379 g/mol. The molecular formula is C20H19FN4O2S. The first-order chi connectivity index (χ1) is 13.5. The molecule has 1 aromatic heterocycles. The van der Waals surface area contributed by atoms with Crippen LogP contribution in [0.3, 0.4) is 0 Å². The molecule has 144 valence electrons. The molecule has 0 aliphatic carbocycles. The number of nitriles is 1. The van der Waals surface area contributed by atoms with Crippen LogP contribution in [-0.2, 0) is 13.2 Å². The van der Waals surface area contributed by atoms with Crippen molar-refractivity contribution in [2.24, 2.45) is 0 Å². The van der Waals surface area contributed by atoms with Crippen LogP contribution in [0, 0.1) is 22.0 Å². The Morgan fingerprint density at radius 1 is 1.29 bits per heavy atom. The van der Waals surface area contributed by atoms with Gasteiger partial charge >= 0.3 is 0 Å². The molecule has 0 N–H and O–H groups in total. The van der Waals surface area contributed by atoms with Crippen molar-refractivity contribution < 1.29 is 13.5 Å². The van der Waals surface area contributed by atoms with E-state index in [1.54, 1.807) is 23.9 Å². The van der Waals surface area contributed by atoms with E-state index in [-0.39, 0.29) is 4.84 Å². The maximum atomic E-state index is 14.2. The Bertz CT molecular complexity index is 1050. The molecule has 3 rings (SSSR count). The molecule has 0 fully saturated rings. The van der Waals surface area contributed by atoms with E-state index in [1.165, 1.54) is 6.07 Å². The molecule has 8 heteroatoms. The van der Waals surface area contributed by atoms with Crippen molar-refractivity contribution in [3.8, 4) is 23.3 Å². The molecule has 0 amide bonds. The predicted octanol–water partition coefficient (Wildman–Crippen LogP) is 4.37. The molecule has 0 radical (unpaired) electrons. The number of halogens is 1. The second-order valence-corrected chi connectivity index (χ2v) is 6.45. The van der Waals surface area contributed by atoms with Gasteiger partial charge in [0.05, 0.1) is 25.4 Å². The van der Waals surface area contributed by atoms with Crippen molar-refractivity contribution in [1.29, 1.82) is 5.26 Å². The number of aromatic nitrogens is 2. The monoisotopic (exact) mass is 398 g/mol. The van der Waals surface area contributed by atoms with Gasteiger partial charge in [0.25, 0.3) is 4.84 Å². The lowest BCUT2D eigenvalue weighted by molar-refractivity contribution is 0.202. The van der Waals surface area contributed by atoms with Crippen LogP contribution in [0.1, 0.15) is 18.1 Å². The van der Waals surface area contributed by atoms with Gasteiger partial charge in [0, 0.05) is 17.7 Å². The standard InChI is InChI=1S/C20H19FN4O2S/c1-3-24(12-16-5-4-14(11-22)10-18(16)21)13-25-20(28)27-19(23-25)15-6-8-17(26-2)9-7-15/h4-10H,3,12-13H2,1-2H3. The number of benzene rings is 2. The van der Waals surface area contributed by atoms with Crippen LogP contribution in [-0.4, -0.2) is 28.3 Å². The fourth-order valence-corrected chi connectivity index (χ4v) is 2.86. The zero-order valence-electron chi connectivity index (χ0n) is 15.6. The molecule has 28 heavy (non-hydrogen) atoms. The average Bonchev–Trinajstić information content (AvgIpc) is 3.09. The van der Waals surface area contributed by atoms with E-state index in [0.29, 0.717) is 36.8 Å². The quantitative estimate of drug-likeness (QED) is 0.551. The average molecular weight is 398 g/mol. The van der Waals surface area contributed by atoms with Gasteiger partial charge in [-0.25, -0.2) is 9.07 Å². The summed E-state index contributed by atoms with van der Waals surface area (Å²) in [6.45, 7) is 3.34. The second-order valence-electron chi connectivity index (χ2n) is 6.11. The van der Waals surface area contributed by atoms with Gasteiger partial charge in [-0.2, -0.15) is 5.26 Å². The molecule has 2 aromatic carbocycles. The van der Waals surface area contributed by atoms with Crippen LogP contribution in [0.15, 0.2) is 46.9 Å². The molecule has 0 saturated heterocycles. The summed E-state index contributed by atoms with van der Waals surface area (Å²) in [6.07, 6.45) is 0. The maximum Gasteiger partial charge on any atom is 0.288 e. The smallest absolute Gasteiger partial charge is 0.288 e. The molecule has 3 aromatic rings. The van der Waals surface area contributed by atoms with Gasteiger partial charge in [-0.05, 0) is 55.2 Å². The van der Waals surface area contributed by atoms with Crippen molar-refractivity contribution in [1.82, 2.24) is 14.7 Å². The van der Waals surface area contributed by atoms with E-state index in [4.69, 9.17) is 26.6 Å². The summed E-state index contributed by atoms with van der Waals surface area (Å²) in [5.74, 6) is 0.747. The molecule has 6 nitrogen and oxygen atoms in total. The highest BCUT2D eigenvalue weighted by atomic mass is 32.1. The van der Waals surface area contributed by atoms with Gasteiger partial charge in [-0.15, -0.1) is 5.10 Å². The summed E-state index contributed by atoms with van der Waals surface area (Å²) < 4.78 is 26.5. The third-order valence-corrected chi connectivity index (χ3v) is 4.59. The Morgan fingerprint density at radius 2 is 2.04 bits per heavy atom. The number of methoxy groups -OCH3 is 1. The SMILES string of the molecule is CCN(Cc1ccc(C#N)cc1F)Cn1nc(-c2ccc(OC)cc2)oc1=S. The fraction of sp³-hybridized carbons (Fsp3) is 0.250. The Kier molecular flexibility index (Phi) is 6.19. The number of nitrogens with zero attached hydrogens (tertiary/aromatic N) is 4. The van der Waals surface area contributed by atoms with E-state index in [0.717, 1.165) is 11.3 Å². The lowest BCUT2D eigenvalue weighted by Gasteiger charge is -2.20. The molecule has 0 unspecified atom stereocenters. The Hall–Kier alpha value is -3.02. The number of rotatable bonds is 7. The van der Waals surface area contributed by atoms with Crippen LogP contribution < -0.4 is 4.74 Å². The third kappa shape index (κ3) is 4.44. The first kappa shape index (κ1) is 19.7. The maximum absolute atomic E-state index is 14.2. The Labute approximate surface area is 167 Å². The van der Waals surface area contributed by atoms with E-state index in [1.807, 2.05) is 42.2 Å². The highest BCUT2D eigenvalue weighted by molar-refractivity contribution is 7.71. The highest BCUT2D eigenvalue weighted by Crippen LogP contribution is 2.21. The summed E-state index contributed by atoms with van der Waals surface area (Å²) >= 11 is 5.28. The molecule has 0 saturated carbocycles. The van der Waals surface area contributed by atoms with Gasteiger partial charge < -0.3 is 9.15 Å². The zero-order valence-corrected chi connectivity index (χ0v) is 16.4. The zero-order chi connectivity index (χ0) is 20.1. The van der Waals surface area contributed by atoms with Crippen molar-refractivity contribution in [3.63, 3.8) is 0 Å². The molecule has 1 heterocycles. The molecule has 0 spiro atoms. The van der Waals surface area contributed by atoms with Crippen molar-refractivity contribution >= 4 is 12.2 Å². The first-order valence-corrected chi connectivity index (χ1v) is 9.08. The van der Waals surface area contributed by atoms with Crippen molar-refractivity contribution in [2.45, 2.75) is 20.1 Å². The first-order valence-electron chi connectivity index (χ1n) is 8.67. The van der Waals surface area contributed by atoms with Crippen LogP contribution in [0.25, 0.3) is 11.5 Å². The highest BCUT2D eigenvalue weighted by Gasteiger charge is 2.13. The van der Waals surface area contributed by atoms with Crippen molar-refractivity contribution in [3.05, 3.63) is 64.2 Å². The lowest BCUT2D eigenvalue weighted by Crippen LogP contribution is -2.27. The summed E-state index contributed by atoms with van der Waals surface area (Å²) in [4.78, 5) is 2.21. The number of hydrogen-bond donors (Lipinski definition) is 0. The Balaban J connectivity index is 1.77. The van der Waals surface area contributed by atoms with E-state index >= 15 is 0 Å². The van der Waals surface area contributed by atoms with Gasteiger partial charge in [0.15, 0.2) is 0 Å². The number of ether oxygens (including phenoxy) is 1. The molecule has 0 bridgehead atoms. The van der Waals surface area contributed by atoms with Gasteiger partial charge in [0.1, 0.15) is 11.6 Å². The predicted molar refractivity (Wildman–Crippen MR) is 105 cm³/mol. The van der Waals surface area contributed by atoms with E-state index < -0.39 is 5.82 Å².